The smallest absolute Gasteiger partial charge is 0.353 e. The minimum Gasteiger partial charge on any atom is -0.353 e. The summed E-state index contributed by atoms with van der Waals surface area (Å²) in [6.45, 7) is 5.72. The molecule has 3 nitrogen and oxygen atoms in total. The van der Waals surface area contributed by atoms with Gasteiger partial charge in [-0.15, -0.1) is 0 Å². The van der Waals surface area contributed by atoms with Crippen molar-refractivity contribution in [2.24, 2.45) is 11.3 Å². The van der Waals surface area contributed by atoms with Crippen LogP contribution in [0, 0.1) is 11.3 Å². The Hall–Kier alpha value is -0.780. The fraction of sp³-hybridized carbons (Fsp3) is 0.923. The van der Waals surface area contributed by atoms with E-state index in [1.165, 1.54) is 0 Å². The van der Waals surface area contributed by atoms with E-state index in [2.05, 4.69) is 10.6 Å². The predicted octanol–water partition coefficient (Wildman–Crippen LogP) is 2.47. The van der Waals surface area contributed by atoms with Crippen LogP contribution >= 0.6 is 0 Å². The highest BCUT2D eigenvalue weighted by Gasteiger charge is 2.61. The van der Waals surface area contributed by atoms with Gasteiger partial charge in [0.25, 0.3) is 0 Å². The predicted molar refractivity (Wildman–Crippen MR) is 67.7 cm³/mol. The molecule has 6 heteroatoms. The summed E-state index contributed by atoms with van der Waals surface area (Å²) >= 11 is 0. The van der Waals surface area contributed by atoms with Gasteiger partial charge in [-0.25, -0.2) is 0 Å². The number of carbonyl (C=O) groups is 1. The van der Waals surface area contributed by atoms with E-state index in [-0.39, 0.29) is 25.6 Å². The van der Waals surface area contributed by atoms with E-state index in [4.69, 9.17) is 0 Å². The van der Waals surface area contributed by atoms with Crippen molar-refractivity contribution in [3.05, 3.63) is 0 Å². The Labute approximate surface area is 112 Å². The fourth-order valence-electron chi connectivity index (χ4n) is 2.45. The molecular weight excluding hydrogens is 257 g/mol. The Balaban J connectivity index is 2.69. The largest absolute Gasteiger partial charge is 0.404 e. The van der Waals surface area contributed by atoms with E-state index in [0.29, 0.717) is 12.3 Å². The summed E-state index contributed by atoms with van der Waals surface area (Å²) in [5, 5.41) is 5.18. The normalized spacial score (nSPS) is 27.1. The van der Waals surface area contributed by atoms with Crippen LogP contribution in [0.4, 0.5) is 13.2 Å². The third-order valence-corrected chi connectivity index (χ3v) is 3.96. The first kappa shape index (κ1) is 16.3. The zero-order chi connectivity index (χ0) is 14.7. The van der Waals surface area contributed by atoms with Gasteiger partial charge in [-0.2, -0.15) is 13.2 Å². The van der Waals surface area contributed by atoms with Gasteiger partial charge in [0.1, 0.15) is 0 Å². The Bertz CT molecular complexity index is 312. The number of carbonyl (C=O) groups excluding carboxylic acids is 1. The lowest BCUT2D eigenvalue weighted by Gasteiger charge is -2.31. The van der Waals surface area contributed by atoms with Gasteiger partial charge >= 0.3 is 6.18 Å². The van der Waals surface area contributed by atoms with Gasteiger partial charge in [-0.05, 0) is 32.2 Å². The molecule has 1 amide bonds. The Morgan fingerprint density at radius 3 is 2.47 bits per heavy atom. The number of hydrogen-bond acceptors (Lipinski definition) is 2. The minimum absolute atomic E-state index is 0.182. The third-order valence-electron chi connectivity index (χ3n) is 3.96. The fourth-order valence-corrected chi connectivity index (χ4v) is 2.45. The average Bonchev–Trinajstić information content (AvgIpc) is 2.77. The molecule has 1 fully saturated rings. The van der Waals surface area contributed by atoms with Crippen LogP contribution in [0.2, 0.25) is 0 Å². The molecule has 0 radical (unpaired) electrons. The van der Waals surface area contributed by atoms with Crippen LogP contribution in [0.5, 0.6) is 0 Å². The molecular formula is C13H23F3N2O. The molecule has 1 aliphatic rings. The van der Waals surface area contributed by atoms with Crippen molar-refractivity contribution in [1.29, 1.82) is 0 Å². The second-order valence-electron chi connectivity index (χ2n) is 5.63. The maximum absolute atomic E-state index is 13.1. The first-order valence-corrected chi connectivity index (χ1v) is 6.81. The number of hydrogen-bond donors (Lipinski definition) is 2. The summed E-state index contributed by atoms with van der Waals surface area (Å²) in [6.07, 6.45) is -3.04. The molecule has 0 spiro atoms. The molecule has 0 saturated carbocycles. The van der Waals surface area contributed by atoms with E-state index in [0.717, 1.165) is 6.42 Å². The van der Waals surface area contributed by atoms with Gasteiger partial charge < -0.3 is 10.6 Å². The van der Waals surface area contributed by atoms with Gasteiger partial charge in [0.05, 0.1) is 0 Å². The highest BCUT2D eigenvalue weighted by molar-refractivity contribution is 5.84. The van der Waals surface area contributed by atoms with Crippen LogP contribution in [0.15, 0.2) is 0 Å². The van der Waals surface area contributed by atoms with Crippen LogP contribution in [-0.2, 0) is 4.79 Å². The van der Waals surface area contributed by atoms with Crippen molar-refractivity contribution in [3.63, 3.8) is 0 Å². The maximum Gasteiger partial charge on any atom is 0.404 e. The van der Waals surface area contributed by atoms with Crippen LogP contribution in [0.1, 0.15) is 40.0 Å². The number of alkyl halides is 3. The number of amides is 1. The van der Waals surface area contributed by atoms with Crippen molar-refractivity contribution in [3.8, 4) is 0 Å². The lowest BCUT2D eigenvalue weighted by atomic mass is 9.84. The molecule has 0 aromatic carbocycles. The molecule has 1 rings (SSSR count). The lowest BCUT2D eigenvalue weighted by Crippen LogP contribution is -2.54. The summed E-state index contributed by atoms with van der Waals surface area (Å²) in [7, 11) is 0. The quantitative estimate of drug-likeness (QED) is 0.812. The molecule has 19 heavy (non-hydrogen) atoms. The molecule has 1 saturated heterocycles. The molecule has 112 valence electrons. The summed E-state index contributed by atoms with van der Waals surface area (Å²) in [4.78, 5) is 12.0. The maximum atomic E-state index is 13.1. The van der Waals surface area contributed by atoms with Crippen molar-refractivity contribution in [2.45, 2.75) is 52.3 Å². The van der Waals surface area contributed by atoms with E-state index in [1.54, 1.807) is 6.92 Å². The van der Waals surface area contributed by atoms with Gasteiger partial charge in [-0.1, -0.05) is 20.3 Å². The second-order valence-corrected chi connectivity index (χ2v) is 5.63. The number of nitrogens with one attached hydrogen (secondary N) is 2. The molecule has 0 aromatic rings. The summed E-state index contributed by atoms with van der Waals surface area (Å²) in [5.74, 6) is -0.500. The number of rotatable bonds is 5. The van der Waals surface area contributed by atoms with Crippen LogP contribution in [0.25, 0.3) is 0 Å². The standard InChI is InChI=1S/C13H23F3N2O/c1-4-9(2)7-10(3)18-11(19)12(13(14,15)16)5-6-17-8-12/h9-10,17H,4-8H2,1-3H3,(H,18,19). The third kappa shape index (κ3) is 3.61. The Morgan fingerprint density at radius 2 is 2.05 bits per heavy atom. The monoisotopic (exact) mass is 280 g/mol. The highest BCUT2D eigenvalue weighted by Crippen LogP contribution is 2.43. The zero-order valence-corrected chi connectivity index (χ0v) is 11.7. The van der Waals surface area contributed by atoms with Crippen LogP contribution in [-0.4, -0.2) is 31.2 Å². The molecule has 1 aliphatic heterocycles. The summed E-state index contributed by atoms with van der Waals surface area (Å²) in [6, 6.07) is -0.234. The van der Waals surface area contributed by atoms with E-state index < -0.39 is 17.5 Å². The van der Waals surface area contributed by atoms with Crippen molar-refractivity contribution < 1.29 is 18.0 Å². The molecule has 2 N–H and O–H groups in total. The van der Waals surface area contributed by atoms with Crippen LogP contribution in [0.3, 0.4) is 0 Å². The van der Waals surface area contributed by atoms with E-state index >= 15 is 0 Å². The SMILES string of the molecule is CCC(C)CC(C)NC(=O)C1(C(F)(F)F)CCNC1. The topological polar surface area (TPSA) is 41.1 Å². The minimum atomic E-state index is -4.50. The summed E-state index contributed by atoms with van der Waals surface area (Å²) in [5.41, 5.74) is -2.25. The van der Waals surface area contributed by atoms with Crippen molar-refractivity contribution >= 4 is 5.91 Å². The molecule has 0 aromatic heterocycles. The molecule has 3 unspecified atom stereocenters. The Morgan fingerprint density at radius 1 is 1.42 bits per heavy atom. The van der Waals surface area contributed by atoms with Crippen molar-refractivity contribution in [2.75, 3.05) is 13.1 Å². The zero-order valence-electron chi connectivity index (χ0n) is 11.7. The second kappa shape index (κ2) is 6.11. The Kier molecular flexibility index (Phi) is 5.24. The number of halogens is 3. The van der Waals surface area contributed by atoms with Gasteiger partial charge in [-0.3, -0.25) is 4.79 Å². The van der Waals surface area contributed by atoms with Gasteiger partial charge in [0.15, 0.2) is 5.41 Å². The molecule has 3 atom stereocenters. The molecule has 1 heterocycles. The molecule has 0 aliphatic carbocycles. The van der Waals surface area contributed by atoms with E-state index in [9.17, 15) is 18.0 Å². The van der Waals surface area contributed by atoms with E-state index in [1.807, 2.05) is 13.8 Å². The van der Waals surface area contributed by atoms with Crippen LogP contribution < -0.4 is 10.6 Å². The van der Waals surface area contributed by atoms with Crippen molar-refractivity contribution in [1.82, 2.24) is 10.6 Å². The highest BCUT2D eigenvalue weighted by atomic mass is 19.4. The first-order valence-electron chi connectivity index (χ1n) is 6.81. The van der Waals surface area contributed by atoms with Gasteiger partial charge in [0.2, 0.25) is 5.91 Å². The first-order chi connectivity index (χ1) is 8.73. The average molecular weight is 280 g/mol. The molecule has 0 bridgehead atoms. The summed E-state index contributed by atoms with van der Waals surface area (Å²) < 4.78 is 39.4. The van der Waals surface area contributed by atoms with Gasteiger partial charge in [0, 0.05) is 12.6 Å². The lowest BCUT2D eigenvalue weighted by molar-refractivity contribution is -0.216.